The van der Waals surface area contributed by atoms with Crippen molar-refractivity contribution in [2.24, 2.45) is 0 Å². The molecule has 36 heavy (non-hydrogen) atoms. The van der Waals surface area contributed by atoms with Crippen molar-refractivity contribution in [2.75, 3.05) is 25.0 Å². The molecule has 5 rings (SSSR count). The lowest BCUT2D eigenvalue weighted by Crippen LogP contribution is -2.50. The molecule has 3 aliphatic rings. The summed E-state index contributed by atoms with van der Waals surface area (Å²) in [5.41, 5.74) is 2.34. The van der Waals surface area contributed by atoms with E-state index in [9.17, 15) is 9.90 Å². The Morgan fingerprint density at radius 2 is 1.94 bits per heavy atom. The molecule has 4 heterocycles. The highest BCUT2D eigenvalue weighted by atomic mass is 16.3. The molecular weight excluding hydrogens is 452 g/mol. The summed E-state index contributed by atoms with van der Waals surface area (Å²) in [5, 5.41) is 18.1. The standard InChI is InChI=1S/C28H44N6O2/c1-3-6-19(2)31-28-30-17-23-24(18-34(26(23)32-28)21-8-10-22(35)11-9-21)20-12-15-33(16-13-20)27(36)25-7-4-5-14-29-25/h17-22,25,29,35H,3-16H2,1-2H3,(H,30,31,32). The average molecular weight is 497 g/mol. The molecule has 1 saturated carbocycles. The summed E-state index contributed by atoms with van der Waals surface area (Å²) in [6, 6.07) is 0.702. The molecule has 2 atom stereocenters. The topological polar surface area (TPSA) is 95.3 Å². The van der Waals surface area contributed by atoms with Gasteiger partial charge in [0.05, 0.1) is 12.1 Å². The van der Waals surface area contributed by atoms with Crippen LogP contribution in [-0.4, -0.2) is 68.3 Å². The van der Waals surface area contributed by atoms with Crippen molar-refractivity contribution < 1.29 is 9.90 Å². The van der Waals surface area contributed by atoms with Crippen LogP contribution < -0.4 is 10.6 Å². The van der Waals surface area contributed by atoms with Gasteiger partial charge < -0.3 is 25.2 Å². The molecular formula is C28H44N6O2. The summed E-state index contributed by atoms with van der Waals surface area (Å²) in [5.74, 6) is 1.40. The second kappa shape index (κ2) is 11.5. The van der Waals surface area contributed by atoms with E-state index in [0.29, 0.717) is 23.9 Å². The molecule has 2 saturated heterocycles. The van der Waals surface area contributed by atoms with E-state index >= 15 is 0 Å². The highest BCUT2D eigenvalue weighted by Gasteiger charge is 2.32. The Hall–Kier alpha value is -2.19. The van der Waals surface area contributed by atoms with Crippen molar-refractivity contribution in [3.05, 3.63) is 18.0 Å². The van der Waals surface area contributed by atoms with Crippen molar-refractivity contribution in [3.63, 3.8) is 0 Å². The Morgan fingerprint density at radius 1 is 1.17 bits per heavy atom. The first-order chi connectivity index (χ1) is 17.5. The lowest BCUT2D eigenvalue weighted by Gasteiger charge is -2.35. The molecule has 2 aromatic heterocycles. The van der Waals surface area contributed by atoms with E-state index in [0.717, 1.165) is 94.9 Å². The van der Waals surface area contributed by atoms with Crippen LogP contribution in [0.3, 0.4) is 0 Å². The summed E-state index contributed by atoms with van der Waals surface area (Å²) in [6.07, 6.45) is 15.3. The monoisotopic (exact) mass is 496 g/mol. The van der Waals surface area contributed by atoms with Crippen LogP contribution in [0.1, 0.15) is 102 Å². The third-order valence-corrected chi connectivity index (χ3v) is 8.61. The van der Waals surface area contributed by atoms with Gasteiger partial charge in [0.1, 0.15) is 5.65 Å². The molecule has 0 radical (unpaired) electrons. The van der Waals surface area contributed by atoms with Gasteiger partial charge in [-0.1, -0.05) is 19.8 Å². The van der Waals surface area contributed by atoms with Gasteiger partial charge in [0.2, 0.25) is 11.9 Å². The van der Waals surface area contributed by atoms with E-state index in [1.807, 2.05) is 6.20 Å². The van der Waals surface area contributed by atoms with Crippen LogP contribution in [0.5, 0.6) is 0 Å². The van der Waals surface area contributed by atoms with Crippen molar-refractivity contribution in [2.45, 2.75) is 115 Å². The highest BCUT2D eigenvalue weighted by Crippen LogP contribution is 2.38. The third-order valence-electron chi connectivity index (χ3n) is 8.61. The van der Waals surface area contributed by atoms with E-state index in [-0.39, 0.29) is 18.1 Å². The summed E-state index contributed by atoms with van der Waals surface area (Å²) in [7, 11) is 0. The zero-order chi connectivity index (χ0) is 25.1. The van der Waals surface area contributed by atoms with Gasteiger partial charge in [0, 0.05) is 43.0 Å². The lowest BCUT2D eigenvalue weighted by atomic mass is 9.89. The number of piperidine rings is 2. The smallest absolute Gasteiger partial charge is 0.239 e. The number of rotatable bonds is 7. The summed E-state index contributed by atoms with van der Waals surface area (Å²) >= 11 is 0. The summed E-state index contributed by atoms with van der Waals surface area (Å²) < 4.78 is 2.37. The number of nitrogens with zero attached hydrogens (tertiary/aromatic N) is 4. The van der Waals surface area contributed by atoms with Crippen LogP contribution in [0.2, 0.25) is 0 Å². The zero-order valence-corrected chi connectivity index (χ0v) is 22.1. The van der Waals surface area contributed by atoms with Crippen LogP contribution in [0.15, 0.2) is 12.4 Å². The van der Waals surface area contributed by atoms with Gasteiger partial charge in [-0.15, -0.1) is 0 Å². The van der Waals surface area contributed by atoms with E-state index in [2.05, 4.69) is 40.1 Å². The lowest BCUT2D eigenvalue weighted by molar-refractivity contribution is -0.135. The van der Waals surface area contributed by atoms with Gasteiger partial charge in [0.15, 0.2) is 0 Å². The summed E-state index contributed by atoms with van der Waals surface area (Å²) in [4.78, 5) is 24.8. The van der Waals surface area contributed by atoms with Gasteiger partial charge in [-0.2, -0.15) is 4.98 Å². The second-order valence-electron chi connectivity index (χ2n) is 11.3. The highest BCUT2D eigenvalue weighted by molar-refractivity contribution is 5.83. The first-order valence-corrected chi connectivity index (χ1v) is 14.4. The summed E-state index contributed by atoms with van der Waals surface area (Å²) in [6.45, 7) is 6.97. The number of hydrogen-bond donors (Lipinski definition) is 3. The largest absolute Gasteiger partial charge is 0.393 e. The maximum absolute atomic E-state index is 13.0. The van der Waals surface area contributed by atoms with E-state index in [1.54, 1.807) is 0 Å². The Bertz CT molecular complexity index is 1020. The molecule has 3 N–H and O–H groups in total. The van der Waals surface area contributed by atoms with Gasteiger partial charge in [-0.25, -0.2) is 4.98 Å². The number of aliphatic hydroxyl groups excluding tert-OH is 1. The number of nitrogens with one attached hydrogen (secondary N) is 2. The minimum Gasteiger partial charge on any atom is -0.393 e. The van der Waals surface area contributed by atoms with Crippen molar-refractivity contribution in [1.29, 1.82) is 0 Å². The molecule has 3 fully saturated rings. The predicted octanol–water partition coefficient (Wildman–Crippen LogP) is 4.36. The van der Waals surface area contributed by atoms with E-state index in [1.165, 1.54) is 12.0 Å². The minimum absolute atomic E-state index is 0.00767. The molecule has 0 bridgehead atoms. The Labute approximate surface area is 215 Å². The fraction of sp³-hybridized carbons (Fsp3) is 0.750. The van der Waals surface area contributed by atoms with Gasteiger partial charge in [-0.05, 0) is 82.7 Å². The average Bonchev–Trinajstić information content (AvgIpc) is 3.28. The van der Waals surface area contributed by atoms with Gasteiger partial charge >= 0.3 is 0 Å². The van der Waals surface area contributed by atoms with Crippen LogP contribution in [0.4, 0.5) is 5.95 Å². The predicted molar refractivity (Wildman–Crippen MR) is 143 cm³/mol. The number of carbonyl (C=O) groups excluding carboxylic acids is 1. The quantitative estimate of drug-likeness (QED) is 0.527. The second-order valence-corrected chi connectivity index (χ2v) is 11.3. The van der Waals surface area contributed by atoms with E-state index < -0.39 is 0 Å². The Morgan fingerprint density at radius 3 is 2.64 bits per heavy atom. The van der Waals surface area contributed by atoms with Crippen LogP contribution in [0, 0.1) is 0 Å². The molecule has 0 aromatic carbocycles. The molecule has 198 valence electrons. The van der Waals surface area contributed by atoms with Crippen molar-refractivity contribution in [1.82, 2.24) is 24.8 Å². The molecule has 2 unspecified atom stereocenters. The minimum atomic E-state index is -0.176. The fourth-order valence-electron chi connectivity index (χ4n) is 6.48. The first kappa shape index (κ1) is 25.5. The molecule has 2 aromatic rings. The molecule has 2 aliphatic heterocycles. The number of anilines is 1. The molecule has 1 aliphatic carbocycles. The number of amides is 1. The number of hydrogen-bond acceptors (Lipinski definition) is 6. The van der Waals surface area contributed by atoms with Gasteiger partial charge in [0.25, 0.3) is 0 Å². The number of aromatic nitrogens is 3. The number of fused-ring (bicyclic) bond motifs is 1. The first-order valence-electron chi connectivity index (χ1n) is 14.4. The molecule has 0 spiro atoms. The number of likely N-dealkylation sites (tertiary alicyclic amines) is 1. The molecule has 8 nitrogen and oxygen atoms in total. The number of carbonyl (C=O) groups is 1. The Balaban J connectivity index is 1.36. The van der Waals surface area contributed by atoms with Crippen molar-refractivity contribution >= 4 is 22.9 Å². The number of aliphatic hydroxyl groups is 1. The normalized spacial score (nSPS) is 26.8. The Kier molecular flexibility index (Phi) is 8.11. The molecule has 1 amide bonds. The van der Waals surface area contributed by atoms with Crippen LogP contribution >= 0.6 is 0 Å². The maximum Gasteiger partial charge on any atom is 0.239 e. The SMILES string of the molecule is CCCC(C)Nc1ncc2c(C3CCN(C(=O)C4CCCCN4)CC3)cn(C3CCC(O)CC3)c2n1. The maximum atomic E-state index is 13.0. The fourth-order valence-corrected chi connectivity index (χ4v) is 6.48. The van der Waals surface area contributed by atoms with E-state index in [4.69, 9.17) is 9.97 Å². The van der Waals surface area contributed by atoms with Crippen molar-refractivity contribution in [3.8, 4) is 0 Å². The zero-order valence-electron chi connectivity index (χ0n) is 22.1. The third kappa shape index (κ3) is 5.54. The van der Waals surface area contributed by atoms with Gasteiger partial charge in [-0.3, -0.25) is 4.79 Å². The molecule has 8 heteroatoms. The van der Waals surface area contributed by atoms with Crippen LogP contribution in [0.25, 0.3) is 11.0 Å². The van der Waals surface area contributed by atoms with Crippen LogP contribution in [-0.2, 0) is 4.79 Å².